The summed E-state index contributed by atoms with van der Waals surface area (Å²) in [5.41, 5.74) is 1.82. The molecule has 0 unspecified atom stereocenters. The number of hydrogen-bond donors (Lipinski definition) is 2. The molecule has 0 fully saturated rings. The van der Waals surface area contributed by atoms with Crippen LogP contribution in [-0.2, 0) is 23.2 Å². The van der Waals surface area contributed by atoms with Gasteiger partial charge in [-0.05, 0) is 37.9 Å². The molecule has 6 nitrogen and oxygen atoms in total. The number of benzene rings is 1. The third-order valence-electron chi connectivity index (χ3n) is 4.01. The fourth-order valence-corrected chi connectivity index (χ4v) is 2.74. The minimum atomic E-state index is -0.677. The van der Waals surface area contributed by atoms with Gasteiger partial charge in [-0.3, -0.25) is 14.5 Å². The molecule has 25 heavy (non-hydrogen) atoms. The molecular weight excluding hydrogens is 340 g/mol. The fourth-order valence-electron chi connectivity index (χ4n) is 2.54. The molecule has 0 aliphatic carbocycles. The van der Waals surface area contributed by atoms with Crippen molar-refractivity contribution in [2.75, 3.05) is 20.6 Å². The van der Waals surface area contributed by atoms with Gasteiger partial charge in [0.2, 0.25) is 0 Å². The average molecular weight is 363 g/mol. The van der Waals surface area contributed by atoms with Crippen LogP contribution in [0.3, 0.4) is 0 Å². The van der Waals surface area contributed by atoms with Crippen molar-refractivity contribution in [1.29, 1.82) is 0 Å². The molecule has 0 aliphatic rings. The van der Waals surface area contributed by atoms with Crippen molar-refractivity contribution in [2.45, 2.75) is 12.6 Å². The number of rotatable bonds is 6. The van der Waals surface area contributed by atoms with Crippen LogP contribution in [0.15, 0.2) is 42.6 Å². The van der Waals surface area contributed by atoms with Crippen LogP contribution in [0.5, 0.6) is 0 Å². The van der Waals surface area contributed by atoms with Crippen molar-refractivity contribution >= 4 is 23.4 Å². The van der Waals surface area contributed by atoms with Crippen LogP contribution in [0.25, 0.3) is 0 Å². The van der Waals surface area contributed by atoms with Gasteiger partial charge in [0.15, 0.2) is 0 Å². The van der Waals surface area contributed by atoms with E-state index in [1.807, 2.05) is 61.1 Å². The summed E-state index contributed by atoms with van der Waals surface area (Å²) in [5, 5.41) is 5.83. The van der Waals surface area contributed by atoms with Gasteiger partial charge in [0.25, 0.3) is 0 Å². The second-order valence-corrected chi connectivity index (χ2v) is 6.41. The van der Waals surface area contributed by atoms with Gasteiger partial charge in [0.1, 0.15) is 0 Å². The van der Waals surface area contributed by atoms with Crippen molar-refractivity contribution in [3.63, 3.8) is 0 Å². The van der Waals surface area contributed by atoms with E-state index < -0.39 is 11.8 Å². The number of halogens is 1. The first-order chi connectivity index (χ1) is 11.9. The lowest BCUT2D eigenvalue weighted by Crippen LogP contribution is -2.43. The predicted molar refractivity (Wildman–Crippen MR) is 98.1 cm³/mol. The van der Waals surface area contributed by atoms with Crippen LogP contribution in [-0.4, -0.2) is 41.9 Å². The molecule has 1 atom stereocenters. The van der Waals surface area contributed by atoms with Crippen molar-refractivity contribution in [2.24, 2.45) is 7.05 Å². The Morgan fingerprint density at radius 2 is 1.80 bits per heavy atom. The molecular formula is C18H23ClN4O2. The number of nitrogens with zero attached hydrogens (tertiary/aromatic N) is 2. The van der Waals surface area contributed by atoms with Gasteiger partial charge in [-0.15, -0.1) is 0 Å². The quantitative estimate of drug-likeness (QED) is 0.769. The Morgan fingerprint density at radius 3 is 2.40 bits per heavy atom. The molecule has 2 amide bonds. The molecule has 2 aromatic rings. The predicted octanol–water partition coefficient (Wildman–Crippen LogP) is 1.71. The zero-order valence-electron chi connectivity index (χ0n) is 14.6. The molecule has 2 N–H and O–H groups in total. The largest absolute Gasteiger partial charge is 0.353 e. The van der Waals surface area contributed by atoms with Gasteiger partial charge in [-0.1, -0.05) is 29.8 Å². The van der Waals surface area contributed by atoms with E-state index in [-0.39, 0.29) is 12.6 Å². The summed E-state index contributed by atoms with van der Waals surface area (Å²) in [4.78, 5) is 26.0. The molecule has 1 aromatic heterocycles. The molecule has 1 heterocycles. The van der Waals surface area contributed by atoms with Crippen LogP contribution in [0.4, 0.5) is 0 Å². The molecule has 2 rings (SSSR count). The maximum Gasteiger partial charge on any atom is 0.309 e. The van der Waals surface area contributed by atoms with E-state index in [1.165, 1.54) is 0 Å². The third-order valence-corrected chi connectivity index (χ3v) is 4.38. The van der Waals surface area contributed by atoms with Crippen molar-refractivity contribution in [1.82, 2.24) is 20.1 Å². The van der Waals surface area contributed by atoms with Crippen LogP contribution in [0.1, 0.15) is 17.3 Å². The summed E-state index contributed by atoms with van der Waals surface area (Å²) in [6.07, 6.45) is 1.95. The van der Waals surface area contributed by atoms with Crippen LogP contribution in [0, 0.1) is 0 Å². The molecule has 0 radical (unpaired) electrons. The van der Waals surface area contributed by atoms with E-state index >= 15 is 0 Å². The topological polar surface area (TPSA) is 66.4 Å². The summed E-state index contributed by atoms with van der Waals surface area (Å²) in [6.45, 7) is 0.546. The van der Waals surface area contributed by atoms with E-state index in [2.05, 4.69) is 10.6 Å². The number of aromatic nitrogens is 1. The van der Waals surface area contributed by atoms with E-state index in [0.717, 1.165) is 11.3 Å². The second kappa shape index (κ2) is 8.69. The van der Waals surface area contributed by atoms with Gasteiger partial charge in [0, 0.05) is 37.1 Å². The lowest BCUT2D eigenvalue weighted by atomic mass is 10.2. The fraction of sp³-hybridized carbons (Fsp3) is 0.333. The number of amides is 2. The number of hydrogen-bond acceptors (Lipinski definition) is 3. The van der Waals surface area contributed by atoms with Gasteiger partial charge in [-0.25, -0.2) is 0 Å². The number of nitrogens with one attached hydrogen (secondary N) is 2. The second-order valence-electron chi connectivity index (χ2n) is 6.01. The lowest BCUT2D eigenvalue weighted by molar-refractivity contribution is -0.139. The molecule has 0 spiro atoms. The standard InChI is InChI=1S/C18H23ClN4O2/c1-22(2)16(15-9-6-10-23(15)3)12-21-18(25)17(24)20-11-13-7-4-5-8-14(13)19/h4-10,16H,11-12H2,1-3H3,(H,20,24)(H,21,25)/t16-/m0/s1. The Bertz CT molecular complexity index is 742. The van der Waals surface area contributed by atoms with Crippen LogP contribution in [0.2, 0.25) is 5.02 Å². The highest BCUT2D eigenvalue weighted by atomic mass is 35.5. The Labute approximate surface area is 152 Å². The Kier molecular flexibility index (Phi) is 6.61. The SMILES string of the molecule is CN(C)[C@@H](CNC(=O)C(=O)NCc1ccccc1Cl)c1cccn1C. The number of likely N-dealkylation sites (N-methyl/N-ethyl adjacent to an activating group) is 1. The lowest BCUT2D eigenvalue weighted by Gasteiger charge is -2.25. The van der Waals surface area contributed by atoms with Crippen LogP contribution < -0.4 is 10.6 Å². The maximum absolute atomic E-state index is 12.0. The summed E-state index contributed by atoms with van der Waals surface area (Å²) in [7, 11) is 5.81. The van der Waals surface area contributed by atoms with E-state index in [4.69, 9.17) is 11.6 Å². The van der Waals surface area contributed by atoms with E-state index in [0.29, 0.717) is 11.6 Å². The molecule has 0 saturated heterocycles. The minimum absolute atomic E-state index is 0.0275. The smallest absolute Gasteiger partial charge is 0.309 e. The third kappa shape index (κ3) is 5.08. The summed E-state index contributed by atoms with van der Waals surface area (Å²) < 4.78 is 1.99. The number of carbonyl (C=O) groups is 2. The molecule has 0 bridgehead atoms. The summed E-state index contributed by atoms with van der Waals surface area (Å²) in [6, 6.07) is 11.1. The monoisotopic (exact) mass is 362 g/mol. The van der Waals surface area contributed by atoms with Gasteiger partial charge < -0.3 is 15.2 Å². The molecule has 134 valence electrons. The Hall–Kier alpha value is -2.31. The molecule has 0 saturated carbocycles. The van der Waals surface area contributed by atoms with Crippen LogP contribution >= 0.6 is 11.6 Å². The summed E-state index contributed by atoms with van der Waals surface area (Å²) in [5.74, 6) is -1.34. The first-order valence-electron chi connectivity index (χ1n) is 7.97. The van der Waals surface area contributed by atoms with Crippen molar-refractivity contribution < 1.29 is 9.59 Å². The van der Waals surface area contributed by atoms with Gasteiger partial charge >= 0.3 is 11.8 Å². The highest BCUT2D eigenvalue weighted by molar-refractivity contribution is 6.35. The highest BCUT2D eigenvalue weighted by Crippen LogP contribution is 2.17. The van der Waals surface area contributed by atoms with Crippen molar-refractivity contribution in [3.8, 4) is 0 Å². The first kappa shape index (κ1) is 19.0. The summed E-state index contributed by atoms with van der Waals surface area (Å²) >= 11 is 6.04. The maximum atomic E-state index is 12.0. The Morgan fingerprint density at radius 1 is 1.12 bits per heavy atom. The van der Waals surface area contributed by atoms with E-state index in [1.54, 1.807) is 12.1 Å². The average Bonchev–Trinajstić information content (AvgIpc) is 2.99. The first-order valence-corrected chi connectivity index (χ1v) is 8.35. The van der Waals surface area contributed by atoms with E-state index in [9.17, 15) is 9.59 Å². The molecule has 0 aliphatic heterocycles. The zero-order valence-corrected chi connectivity index (χ0v) is 15.4. The van der Waals surface area contributed by atoms with Gasteiger partial charge in [0.05, 0.1) is 6.04 Å². The molecule has 7 heteroatoms. The highest BCUT2D eigenvalue weighted by Gasteiger charge is 2.20. The van der Waals surface area contributed by atoms with Crippen molar-refractivity contribution in [3.05, 3.63) is 58.9 Å². The Balaban J connectivity index is 1.89. The molecule has 1 aromatic carbocycles. The zero-order chi connectivity index (χ0) is 18.4. The number of aryl methyl sites for hydroxylation is 1. The minimum Gasteiger partial charge on any atom is -0.353 e. The normalized spacial score (nSPS) is 12.0. The van der Waals surface area contributed by atoms with Gasteiger partial charge in [-0.2, -0.15) is 0 Å². The number of carbonyl (C=O) groups excluding carboxylic acids is 2.